The van der Waals surface area contributed by atoms with Crippen LogP contribution in [0.4, 0.5) is 0 Å². The highest BCUT2D eigenvalue weighted by molar-refractivity contribution is 14.0. The highest BCUT2D eigenvalue weighted by Gasteiger charge is 2.33. The monoisotopic (exact) mass is 510 g/mol. The number of amides is 1. The van der Waals surface area contributed by atoms with Crippen molar-refractivity contribution in [2.75, 3.05) is 54.1 Å². The van der Waals surface area contributed by atoms with E-state index in [0.29, 0.717) is 5.96 Å². The molecule has 0 aromatic heterocycles. The van der Waals surface area contributed by atoms with E-state index in [9.17, 15) is 4.79 Å². The van der Waals surface area contributed by atoms with Crippen LogP contribution in [0.15, 0.2) is 4.99 Å². The summed E-state index contributed by atoms with van der Waals surface area (Å²) >= 11 is 0. The van der Waals surface area contributed by atoms with Crippen LogP contribution in [-0.4, -0.2) is 76.9 Å². The Morgan fingerprint density at radius 3 is 2.57 bits per heavy atom. The average Bonchev–Trinajstić information content (AvgIpc) is 3.15. The molecule has 1 aliphatic carbocycles. The smallest absolute Gasteiger partial charge is 0.243 e. The van der Waals surface area contributed by atoms with Gasteiger partial charge in [-0.25, -0.2) is 4.99 Å². The number of carbonyl (C=O) groups excluding carboxylic acids is 1. The zero-order valence-corrected chi connectivity index (χ0v) is 20.1. The molecule has 0 aromatic rings. The van der Waals surface area contributed by atoms with E-state index in [2.05, 4.69) is 15.6 Å². The molecule has 0 radical (unpaired) electrons. The van der Waals surface area contributed by atoms with Crippen LogP contribution in [0, 0.1) is 5.41 Å². The molecule has 1 saturated carbocycles. The lowest BCUT2D eigenvalue weighted by Crippen LogP contribution is -2.46. The predicted octanol–water partition coefficient (Wildman–Crippen LogP) is 2.39. The van der Waals surface area contributed by atoms with Crippen LogP contribution >= 0.6 is 24.0 Å². The minimum Gasteiger partial charge on any atom is -0.385 e. The number of hydrogen-bond acceptors (Lipinski definition) is 4. The van der Waals surface area contributed by atoms with E-state index in [1.54, 1.807) is 26.1 Å². The average molecular weight is 510 g/mol. The van der Waals surface area contributed by atoms with Gasteiger partial charge in [0.05, 0.1) is 6.10 Å². The van der Waals surface area contributed by atoms with E-state index in [1.807, 2.05) is 0 Å². The Bertz CT molecular complexity index is 476. The van der Waals surface area contributed by atoms with Crippen molar-refractivity contribution >= 4 is 35.8 Å². The Balaban J connectivity index is 0.00000392. The lowest BCUT2D eigenvalue weighted by molar-refractivity contribution is -0.127. The second-order valence-corrected chi connectivity index (χ2v) is 8.13. The van der Waals surface area contributed by atoms with Gasteiger partial charge in [-0.1, -0.05) is 12.8 Å². The normalized spacial score (nSPS) is 21.7. The van der Waals surface area contributed by atoms with E-state index in [-0.39, 0.29) is 47.9 Å². The van der Waals surface area contributed by atoms with Gasteiger partial charge in [-0.3, -0.25) is 4.79 Å². The summed E-state index contributed by atoms with van der Waals surface area (Å²) in [6, 6.07) is 0. The van der Waals surface area contributed by atoms with Gasteiger partial charge < -0.3 is 25.0 Å². The van der Waals surface area contributed by atoms with Crippen LogP contribution in [-0.2, 0) is 14.3 Å². The summed E-state index contributed by atoms with van der Waals surface area (Å²) in [4.78, 5) is 18.0. The first-order chi connectivity index (χ1) is 13.0. The van der Waals surface area contributed by atoms with Crippen molar-refractivity contribution in [1.29, 1.82) is 0 Å². The number of halogens is 1. The van der Waals surface area contributed by atoms with Crippen LogP contribution in [0.2, 0.25) is 0 Å². The molecule has 0 spiro atoms. The van der Waals surface area contributed by atoms with E-state index in [4.69, 9.17) is 9.47 Å². The van der Waals surface area contributed by atoms with Gasteiger partial charge >= 0.3 is 0 Å². The zero-order chi connectivity index (χ0) is 19.5. The topological polar surface area (TPSA) is 75.2 Å². The summed E-state index contributed by atoms with van der Waals surface area (Å²) in [5, 5.41) is 6.90. The number of likely N-dealkylation sites (N-methyl/N-ethyl adjacent to an activating group) is 1. The van der Waals surface area contributed by atoms with Gasteiger partial charge in [-0.05, 0) is 43.9 Å². The standard InChI is InChI=1S/C20H38N4O3.HI/c1-24(2)18(25)15-22-19(21-14-17-8-4-7-12-27-17)23-16-20(11-13-26-3)9-5-6-10-20;/h17H,4-16H2,1-3H3,(H2,21,22,23);1H. The van der Waals surface area contributed by atoms with Crippen molar-refractivity contribution < 1.29 is 14.3 Å². The first-order valence-corrected chi connectivity index (χ1v) is 10.4. The zero-order valence-electron chi connectivity index (χ0n) is 17.8. The van der Waals surface area contributed by atoms with Crippen molar-refractivity contribution in [2.24, 2.45) is 10.4 Å². The third kappa shape index (κ3) is 8.82. The molecule has 2 N–H and O–H groups in total. The number of nitrogens with zero attached hydrogens (tertiary/aromatic N) is 2. The van der Waals surface area contributed by atoms with Gasteiger partial charge in [-0.2, -0.15) is 0 Å². The molecule has 1 unspecified atom stereocenters. The predicted molar refractivity (Wildman–Crippen MR) is 123 cm³/mol. The summed E-state index contributed by atoms with van der Waals surface area (Å²) in [6.07, 6.45) is 9.73. The molecule has 28 heavy (non-hydrogen) atoms. The fourth-order valence-corrected chi connectivity index (χ4v) is 3.87. The number of carbonyl (C=O) groups is 1. The third-order valence-corrected chi connectivity index (χ3v) is 5.77. The van der Waals surface area contributed by atoms with Crippen molar-refractivity contribution in [3.8, 4) is 0 Å². The molecule has 2 rings (SSSR count). The molecule has 8 heteroatoms. The lowest BCUT2D eigenvalue weighted by atomic mass is 9.83. The molecule has 1 saturated heterocycles. The first-order valence-electron chi connectivity index (χ1n) is 10.4. The van der Waals surface area contributed by atoms with Crippen molar-refractivity contribution in [1.82, 2.24) is 15.5 Å². The summed E-state index contributed by atoms with van der Waals surface area (Å²) in [7, 11) is 5.28. The maximum absolute atomic E-state index is 11.9. The SMILES string of the molecule is COCCC1(CNC(=NCC(=O)N(C)C)NCC2CCCCO2)CCCC1.I. The fraction of sp³-hybridized carbons (Fsp3) is 0.900. The molecule has 7 nitrogen and oxygen atoms in total. The molecule has 0 aromatic carbocycles. The molecular weight excluding hydrogens is 471 g/mol. The van der Waals surface area contributed by atoms with Crippen LogP contribution in [0.3, 0.4) is 0 Å². The minimum atomic E-state index is -0.0000194. The van der Waals surface area contributed by atoms with Gasteiger partial charge in [0.15, 0.2) is 5.96 Å². The Labute approximate surface area is 187 Å². The summed E-state index contributed by atoms with van der Waals surface area (Å²) < 4.78 is 11.1. The Kier molecular flexibility index (Phi) is 12.3. The molecule has 1 heterocycles. The van der Waals surface area contributed by atoms with Crippen LogP contribution in [0.5, 0.6) is 0 Å². The largest absolute Gasteiger partial charge is 0.385 e. The van der Waals surface area contributed by atoms with E-state index in [0.717, 1.165) is 45.6 Å². The van der Waals surface area contributed by atoms with Crippen LogP contribution in [0.25, 0.3) is 0 Å². The summed E-state index contributed by atoms with van der Waals surface area (Å²) in [6.45, 7) is 3.37. The number of ether oxygens (including phenoxy) is 2. The van der Waals surface area contributed by atoms with Gasteiger partial charge in [-0.15, -0.1) is 24.0 Å². The van der Waals surface area contributed by atoms with Gasteiger partial charge in [0.25, 0.3) is 0 Å². The van der Waals surface area contributed by atoms with Crippen LogP contribution < -0.4 is 10.6 Å². The fourth-order valence-electron chi connectivity index (χ4n) is 3.87. The van der Waals surface area contributed by atoms with Gasteiger partial charge in [0, 0.05) is 47.5 Å². The van der Waals surface area contributed by atoms with E-state index < -0.39 is 0 Å². The maximum atomic E-state index is 11.9. The molecule has 1 amide bonds. The van der Waals surface area contributed by atoms with E-state index >= 15 is 0 Å². The number of guanidine groups is 1. The summed E-state index contributed by atoms with van der Waals surface area (Å²) in [5.74, 6) is 0.711. The van der Waals surface area contributed by atoms with E-state index in [1.165, 1.54) is 32.1 Å². The Morgan fingerprint density at radius 2 is 1.96 bits per heavy atom. The number of rotatable bonds is 9. The third-order valence-electron chi connectivity index (χ3n) is 5.77. The minimum absolute atomic E-state index is 0. The summed E-state index contributed by atoms with van der Waals surface area (Å²) in [5.41, 5.74) is 0.269. The maximum Gasteiger partial charge on any atom is 0.243 e. The Hall–Kier alpha value is -0.610. The van der Waals surface area contributed by atoms with Gasteiger partial charge in [0.2, 0.25) is 5.91 Å². The number of hydrogen-bond donors (Lipinski definition) is 2. The second-order valence-electron chi connectivity index (χ2n) is 8.13. The molecule has 164 valence electrons. The lowest BCUT2D eigenvalue weighted by Gasteiger charge is -2.30. The quantitative estimate of drug-likeness (QED) is 0.283. The van der Waals surface area contributed by atoms with Gasteiger partial charge in [0.1, 0.15) is 6.54 Å². The van der Waals surface area contributed by atoms with Crippen molar-refractivity contribution in [3.63, 3.8) is 0 Å². The number of methoxy groups -OCH3 is 1. The molecule has 2 aliphatic rings. The molecule has 1 aliphatic heterocycles. The molecular formula is C20H39IN4O3. The number of aliphatic imine (C=N–C) groups is 1. The highest BCUT2D eigenvalue weighted by Crippen LogP contribution is 2.40. The number of nitrogens with one attached hydrogen (secondary N) is 2. The molecule has 0 bridgehead atoms. The molecule has 1 atom stereocenters. The Morgan fingerprint density at radius 1 is 1.21 bits per heavy atom. The highest BCUT2D eigenvalue weighted by atomic mass is 127. The van der Waals surface area contributed by atoms with Crippen LogP contribution in [0.1, 0.15) is 51.4 Å². The second kappa shape index (κ2) is 13.6. The first kappa shape index (κ1) is 25.4. The van der Waals surface area contributed by atoms with Crippen molar-refractivity contribution in [2.45, 2.75) is 57.5 Å². The van der Waals surface area contributed by atoms with Crippen molar-refractivity contribution in [3.05, 3.63) is 0 Å². The molecule has 2 fully saturated rings.